The number of rotatable bonds is 2. The van der Waals surface area contributed by atoms with Crippen molar-refractivity contribution in [2.75, 3.05) is 18.1 Å². The summed E-state index contributed by atoms with van der Waals surface area (Å²) >= 11 is 4.25. The zero-order valence-corrected chi connectivity index (χ0v) is 11.7. The highest BCUT2D eigenvalue weighted by Gasteiger charge is 2.56. The fraction of sp³-hybridized carbons (Fsp3) is 0.714. The second kappa shape index (κ2) is 4.67. The third-order valence-corrected chi connectivity index (χ3v) is 8.21. The molecule has 3 aliphatic rings. The Labute approximate surface area is 112 Å². The topological polar surface area (TPSA) is 20.2 Å². The van der Waals surface area contributed by atoms with E-state index in [9.17, 15) is 5.11 Å². The van der Waals surface area contributed by atoms with Crippen LogP contribution in [0.1, 0.15) is 25.7 Å². The van der Waals surface area contributed by atoms with Crippen LogP contribution >= 0.6 is 23.5 Å². The Kier molecular flexibility index (Phi) is 3.35. The van der Waals surface area contributed by atoms with Crippen LogP contribution in [-0.4, -0.2) is 27.8 Å². The zero-order chi connectivity index (χ0) is 11.8. The van der Waals surface area contributed by atoms with Crippen molar-refractivity contribution in [2.45, 2.75) is 30.3 Å². The Morgan fingerprint density at radius 2 is 1.47 bits per heavy atom. The van der Waals surface area contributed by atoms with Gasteiger partial charge < -0.3 is 5.11 Å². The zero-order valence-electron chi connectivity index (χ0n) is 10.1. The van der Waals surface area contributed by atoms with Gasteiger partial charge in [-0.15, -0.1) is 23.5 Å². The summed E-state index contributed by atoms with van der Waals surface area (Å²) in [6.07, 6.45) is 13.7. The Morgan fingerprint density at radius 1 is 0.941 bits per heavy atom. The molecule has 1 saturated heterocycles. The van der Waals surface area contributed by atoms with Crippen LogP contribution in [0.25, 0.3) is 0 Å². The molecular weight excluding hydrogens is 248 g/mol. The van der Waals surface area contributed by atoms with E-state index in [1.165, 1.54) is 11.5 Å². The van der Waals surface area contributed by atoms with Crippen LogP contribution in [0.15, 0.2) is 24.3 Å². The summed E-state index contributed by atoms with van der Waals surface area (Å²) in [6.45, 7) is 0.347. The van der Waals surface area contributed by atoms with Gasteiger partial charge >= 0.3 is 0 Å². The first-order valence-electron chi connectivity index (χ1n) is 6.47. The van der Waals surface area contributed by atoms with Crippen molar-refractivity contribution >= 4 is 23.5 Å². The van der Waals surface area contributed by atoms with Gasteiger partial charge in [0, 0.05) is 28.9 Å². The van der Waals surface area contributed by atoms with Crippen LogP contribution < -0.4 is 0 Å². The van der Waals surface area contributed by atoms with E-state index in [0.717, 1.165) is 25.7 Å². The summed E-state index contributed by atoms with van der Waals surface area (Å²) in [5.41, 5.74) is 0.419. The first-order valence-corrected chi connectivity index (χ1v) is 8.57. The predicted octanol–water partition coefficient (Wildman–Crippen LogP) is 3.46. The molecule has 1 aliphatic heterocycles. The van der Waals surface area contributed by atoms with Crippen molar-refractivity contribution in [1.29, 1.82) is 0 Å². The second-order valence-electron chi connectivity index (χ2n) is 5.43. The van der Waals surface area contributed by atoms with E-state index >= 15 is 0 Å². The quantitative estimate of drug-likeness (QED) is 0.775. The molecule has 1 nitrogen and oxygen atoms in total. The Hall–Kier alpha value is 0.140. The van der Waals surface area contributed by atoms with Crippen LogP contribution in [0.2, 0.25) is 0 Å². The average molecular weight is 268 g/mol. The first kappa shape index (κ1) is 12.2. The van der Waals surface area contributed by atoms with Crippen molar-refractivity contribution in [2.24, 2.45) is 10.8 Å². The van der Waals surface area contributed by atoms with Gasteiger partial charge in [0.25, 0.3) is 0 Å². The maximum Gasteiger partial charge on any atom is 0.0571 e. The van der Waals surface area contributed by atoms with Crippen LogP contribution in [0.4, 0.5) is 0 Å². The lowest BCUT2D eigenvalue weighted by molar-refractivity contribution is -0.0147. The molecule has 1 N–H and O–H groups in total. The smallest absolute Gasteiger partial charge is 0.0571 e. The largest absolute Gasteiger partial charge is 0.396 e. The van der Waals surface area contributed by atoms with Crippen molar-refractivity contribution in [3.63, 3.8) is 0 Å². The van der Waals surface area contributed by atoms with Gasteiger partial charge in [0.1, 0.15) is 0 Å². The monoisotopic (exact) mass is 268 g/mol. The van der Waals surface area contributed by atoms with E-state index in [-0.39, 0.29) is 5.41 Å². The molecule has 0 spiro atoms. The molecule has 1 heterocycles. The molecule has 1 fully saturated rings. The van der Waals surface area contributed by atoms with E-state index in [1.54, 1.807) is 0 Å². The molecular formula is C14H20OS2. The highest BCUT2D eigenvalue weighted by atomic mass is 32.2. The summed E-state index contributed by atoms with van der Waals surface area (Å²) in [5.74, 6) is 2.57. The lowest BCUT2D eigenvalue weighted by Crippen LogP contribution is -2.51. The second-order valence-corrected chi connectivity index (χ2v) is 8.15. The molecule has 3 rings (SSSR count). The standard InChI is InChI=1S/C14H20OS2/c15-11-13-5-1-3-7-14(13,8-4-2-6-13)12-16-9-10-17-12/h1-4,12,15H,5-11H2. The molecule has 0 atom stereocenters. The maximum atomic E-state index is 10.0. The van der Waals surface area contributed by atoms with Gasteiger partial charge in [-0.2, -0.15) is 0 Å². The first-order chi connectivity index (χ1) is 8.33. The minimum absolute atomic E-state index is 0.117. The van der Waals surface area contributed by atoms with Crippen LogP contribution in [0, 0.1) is 10.8 Å². The number of fused-ring (bicyclic) bond motifs is 1. The molecule has 2 aliphatic carbocycles. The molecule has 17 heavy (non-hydrogen) atoms. The average Bonchev–Trinajstić information content (AvgIpc) is 2.92. The van der Waals surface area contributed by atoms with Gasteiger partial charge in [-0.25, -0.2) is 0 Å². The molecule has 0 radical (unpaired) electrons. The number of thioether (sulfide) groups is 2. The summed E-state index contributed by atoms with van der Waals surface area (Å²) < 4.78 is 0.685. The van der Waals surface area contributed by atoms with Gasteiger partial charge in [0.2, 0.25) is 0 Å². The van der Waals surface area contributed by atoms with E-state index in [2.05, 4.69) is 47.8 Å². The molecule has 0 saturated carbocycles. The summed E-state index contributed by atoms with van der Waals surface area (Å²) in [6, 6.07) is 0. The highest BCUT2D eigenvalue weighted by Crippen LogP contribution is 2.63. The molecule has 0 aromatic carbocycles. The number of aliphatic hydroxyl groups is 1. The van der Waals surface area contributed by atoms with E-state index in [0.29, 0.717) is 16.6 Å². The normalized spacial score (nSPS) is 41.7. The maximum absolute atomic E-state index is 10.0. The molecule has 3 heteroatoms. The number of hydrogen-bond acceptors (Lipinski definition) is 3. The molecule has 0 unspecified atom stereocenters. The third-order valence-electron chi connectivity index (χ3n) is 4.75. The number of allylic oxidation sites excluding steroid dienone is 4. The minimum atomic E-state index is 0.117. The third kappa shape index (κ3) is 1.73. The Balaban J connectivity index is 2.01. The van der Waals surface area contributed by atoms with Crippen molar-refractivity contribution in [3.8, 4) is 0 Å². The lowest BCUT2D eigenvalue weighted by Gasteiger charge is -2.55. The van der Waals surface area contributed by atoms with Crippen LogP contribution in [0.3, 0.4) is 0 Å². The number of hydrogen-bond donors (Lipinski definition) is 1. The summed E-state index contributed by atoms with van der Waals surface area (Å²) in [5, 5.41) is 10.0. The minimum Gasteiger partial charge on any atom is -0.396 e. The predicted molar refractivity (Wildman–Crippen MR) is 77.4 cm³/mol. The highest BCUT2D eigenvalue weighted by molar-refractivity contribution is 8.20. The fourth-order valence-electron chi connectivity index (χ4n) is 3.62. The molecule has 0 aromatic rings. The van der Waals surface area contributed by atoms with Crippen LogP contribution in [0.5, 0.6) is 0 Å². The Bertz CT molecular complexity index is 324. The number of aliphatic hydroxyl groups excluding tert-OH is 1. The fourth-order valence-corrected chi connectivity index (χ4v) is 7.30. The van der Waals surface area contributed by atoms with Crippen LogP contribution in [-0.2, 0) is 0 Å². The van der Waals surface area contributed by atoms with Gasteiger partial charge in [-0.05, 0) is 25.7 Å². The van der Waals surface area contributed by atoms with Gasteiger partial charge in [0.05, 0.1) is 4.58 Å². The molecule has 0 aromatic heterocycles. The van der Waals surface area contributed by atoms with Crippen molar-refractivity contribution in [3.05, 3.63) is 24.3 Å². The summed E-state index contributed by atoms with van der Waals surface area (Å²) in [7, 11) is 0. The summed E-state index contributed by atoms with van der Waals surface area (Å²) in [4.78, 5) is 0. The van der Waals surface area contributed by atoms with Crippen molar-refractivity contribution < 1.29 is 5.11 Å². The van der Waals surface area contributed by atoms with Gasteiger partial charge in [0.15, 0.2) is 0 Å². The molecule has 0 bridgehead atoms. The van der Waals surface area contributed by atoms with E-state index in [4.69, 9.17) is 0 Å². The van der Waals surface area contributed by atoms with Gasteiger partial charge in [-0.1, -0.05) is 24.3 Å². The van der Waals surface area contributed by atoms with Crippen molar-refractivity contribution in [1.82, 2.24) is 0 Å². The Morgan fingerprint density at radius 3 is 2.00 bits per heavy atom. The van der Waals surface area contributed by atoms with Gasteiger partial charge in [-0.3, -0.25) is 0 Å². The van der Waals surface area contributed by atoms with E-state index < -0.39 is 0 Å². The SMILES string of the molecule is OCC12CC=CCC1(C1SCCS1)CC=CC2. The van der Waals surface area contributed by atoms with E-state index in [1.807, 2.05) is 0 Å². The molecule has 0 amide bonds. The molecule has 94 valence electrons. The lowest BCUT2D eigenvalue weighted by atomic mass is 9.54.